The lowest BCUT2D eigenvalue weighted by atomic mass is 10.2. The van der Waals surface area contributed by atoms with Crippen molar-refractivity contribution >= 4 is 22.9 Å². The number of nitro groups is 1. The Hall–Kier alpha value is -2.63. The normalized spacial score (nSPS) is 10.1. The van der Waals surface area contributed by atoms with Crippen LogP contribution in [0.1, 0.15) is 5.56 Å². The smallest absolute Gasteiger partial charge is 0.311 e. The first-order valence-electron chi connectivity index (χ1n) is 5.30. The van der Waals surface area contributed by atoms with Crippen LogP contribution in [0, 0.1) is 17.0 Å². The molecule has 6 nitrogen and oxygen atoms in total. The van der Waals surface area contributed by atoms with Crippen LogP contribution >= 0.6 is 0 Å². The number of pyridine rings is 1. The third-order valence-corrected chi connectivity index (χ3v) is 2.37. The Bertz CT molecular complexity index is 581. The summed E-state index contributed by atoms with van der Waals surface area (Å²) in [6.45, 7) is 1.76. The van der Waals surface area contributed by atoms with Crippen molar-refractivity contribution in [2.75, 3.05) is 11.1 Å². The van der Waals surface area contributed by atoms with Gasteiger partial charge in [0.1, 0.15) is 0 Å². The van der Waals surface area contributed by atoms with Crippen LogP contribution in [0.2, 0.25) is 0 Å². The van der Waals surface area contributed by atoms with Crippen LogP contribution in [0.15, 0.2) is 36.5 Å². The maximum absolute atomic E-state index is 10.9. The third-order valence-electron chi connectivity index (χ3n) is 2.37. The van der Waals surface area contributed by atoms with Crippen molar-refractivity contribution in [2.45, 2.75) is 6.92 Å². The minimum atomic E-state index is -0.459. The van der Waals surface area contributed by atoms with Gasteiger partial charge in [0.2, 0.25) is 5.82 Å². The summed E-state index contributed by atoms with van der Waals surface area (Å²) in [6, 6.07) is 8.37. The Kier molecular flexibility index (Phi) is 3.09. The minimum absolute atomic E-state index is 0.0492. The summed E-state index contributed by atoms with van der Waals surface area (Å²) < 4.78 is 0. The van der Waals surface area contributed by atoms with Crippen LogP contribution < -0.4 is 11.1 Å². The van der Waals surface area contributed by atoms with Gasteiger partial charge in [-0.1, -0.05) is 0 Å². The quantitative estimate of drug-likeness (QED) is 0.491. The molecule has 92 valence electrons. The van der Waals surface area contributed by atoms with Gasteiger partial charge in [-0.2, -0.15) is 0 Å². The molecule has 0 aliphatic heterocycles. The van der Waals surface area contributed by atoms with E-state index in [1.807, 2.05) is 0 Å². The van der Waals surface area contributed by atoms with E-state index in [1.54, 1.807) is 37.4 Å². The number of aryl methyl sites for hydroxylation is 1. The molecular formula is C12H12N4O2. The zero-order chi connectivity index (χ0) is 13.1. The van der Waals surface area contributed by atoms with Crippen LogP contribution in [0.5, 0.6) is 0 Å². The fourth-order valence-corrected chi connectivity index (χ4v) is 1.49. The topological polar surface area (TPSA) is 94.1 Å². The van der Waals surface area contributed by atoms with Gasteiger partial charge in [-0.15, -0.1) is 0 Å². The van der Waals surface area contributed by atoms with Crippen molar-refractivity contribution in [1.29, 1.82) is 0 Å². The number of hydrogen-bond donors (Lipinski definition) is 2. The summed E-state index contributed by atoms with van der Waals surface area (Å²) in [7, 11) is 0. The number of benzene rings is 1. The molecule has 0 amide bonds. The second kappa shape index (κ2) is 4.70. The number of aromatic nitrogens is 1. The van der Waals surface area contributed by atoms with E-state index in [1.165, 1.54) is 6.07 Å². The Morgan fingerprint density at radius 2 is 2.00 bits per heavy atom. The largest absolute Gasteiger partial charge is 0.399 e. The van der Waals surface area contributed by atoms with Gasteiger partial charge in [-0.25, -0.2) is 4.98 Å². The van der Waals surface area contributed by atoms with E-state index in [9.17, 15) is 10.1 Å². The predicted octanol–water partition coefficient (Wildman–Crippen LogP) is 2.62. The molecule has 0 aliphatic carbocycles. The van der Waals surface area contributed by atoms with E-state index < -0.39 is 4.92 Å². The first-order chi connectivity index (χ1) is 8.56. The Balaban J connectivity index is 2.34. The molecule has 1 heterocycles. The van der Waals surface area contributed by atoms with Crippen molar-refractivity contribution in [1.82, 2.24) is 4.98 Å². The van der Waals surface area contributed by atoms with E-state index in [4.69, 9.17) is 5.73 Å². The second-order valence-electron chi connectivity index (χ2n) is 3.88. The average molecular weight is 244 g/mol. The lowest BCUT2D eigenvalue weighted by Crippen LogP contribution is -2.00. The minimum Gasteiger partial charge on any atom is -0.399 e. The van der Waals surface area contributed by atoms with E-state index >= 15 is 0 Å². The number of nitrogen functional groups attached to an aromatic ring is 1. The molecule has 0 atom stereocenters. The number of nitrogens with two attached hydrogens (primary N) is 1. The molecule has 6 heteroatoms. The fraction of sp³-hybridized carbons (Fsp3) is 0.0833. The summed E-state index contributed by atoms with van der Waals surface area (Å²) >= 11 is 0. The summed E-state index contributed by atoms with van der Waals surface area (Å²) in [6.07, 6.45) is 1.58. The molecule has 0 saturated heterocycles. The maximum atomic E-state index is 10.9. The van der Waals surface area contributed by atoms with Crippen LogP contribution in [0.4, 0.5) is 22.9 Å². The fourth-order valence-electron chi connectivity index (χ4n) is 1.49. The molecule has 0 spiro atoms. The van der Waals surface area contributed by atoms with Gasteiger partial charge < -0.3 is 11.1 Å². The Morgan fingerprint density at radius 3 is 2.61 bits per heavy atom. The van der Waals surface area contributed by atoms with E-state index in [2.05, 4.69) is 10.3 Å². The SMILES string of the molecule is Cc1cnc(Nc2ccc(N)cc2)c([N+](=O)[O-])c1. The number of rotatable bonds is 3. The highest BCUT2D eigenvalue weighted by Gasteiger charge is 2.15. The summed E-state index contributed by atoms with van der Waals surface area (Å²) in [4.78, 5) is 14.5. The van der Waals surface area contributed by atoms with Gasteiger partial charge in [0.05, 0.1) is 4.92 Å². The first-order valence-corrected chi connectivity index (χ1v) is 5.30. The van der Waals surface area contributed by atoms with Crippen molar-refractivity contribution in [3.8, 4) is 0 Å². The molecule has 2 rings (SSSR count). The molecule has 1 aromatic carbocycles. The van der Waals surface area contributed by atoms with Gasteiger partial charge in [-0.05, 0) is 36.8 Å². The molecule has 0 unspecified atom stereocenters. The second-order valence-corrected chi connectivity index (χ2v) is 3.88. The Morgan fingerprint density at radius 1 is 1.33 bits per heavy atom. The molecule has 18 heavy (non-hydrogen) atoms. The number of hydrogen-bond acceptors (Lipinski definition) is 5. The van der Waals surface area contributed by atoms with Crippen LogP contribution in [0.25, 0.3) is 0 Å². The number of nitrogens with zero attached hydrogens (tertiary/aromatic N) is 2. The standard InChI is InChI=1S/C12H12N4O2/c1-8-6-11(16(17)18)12(14-7-8)15-10-4-2-9(13)3-5-10/h2-7H,13H2,1H3,(H,14,15). The van der Waals surface area contributed by atoms with Gasteiger partial charge >= 0.3 is 5.69 Å². The molecule has 2 aromatic rings. The maximum Gasteiger partial charge on any atom is 0.311 e. The predicted molar refractivity (Wildman–Crippen MR) is 69.8 cm³/mol. The molecule has 0 radical (unpaired) electrons. The highest BCUT2D eigenvalue weighted by Crippen LogP contribution is 2.26. The van der Waals surface area contributed by atoms with Gasteiger partial charge in [0.25, 0.3) is 0 Å². The number of anilines is 3. The van der Waals surface area contributed by atoms with Crippen LogP contribution in [0.3, 0.4) is 0 Å². The van der Waals surface area contributed by atoms with Crippen molar-refractivity contribution in [2.24, 2.45) is 0 Å². The summed E-state index contributed by atoms with van der Waals surface area (Å²) in [5.41, 5.74) is 7.59. The van der Waals surface area contributed by atoms with E-state index in [0.717, 1.165) is 5.56 Å². The third kappa shape index (κ3) is 2.54. The van der Waals surface area contributed by atoms with Crippen molar-refractivity contribution in [3.05, 3.63) is 52.2 Å². The van der Waals surface area contributed by atoms with Crippen LogP contribution in [-0.4, -0.2) is 9.91 Å². The highest BCUT2D eigenvalue weighted by atomic mass is 16.6. The zero-order valence-corrected chi connectivity index (χ0v) is 9.75. The van der Waals surface area contributed by atoms with Gasteiger partial charge in [0, 0.05) is 23.6 Å². The summed E-state index contributed by atoms with van der Waals surface area (Å²) in [5, 5.41) is 13.8. The average Bonchev–Trinajstić information content (AvgIpc) is 2.34. The highest BCUT2D eigenvalue weighted by molar-refractivity contribution is 5.66. The number of nitrogens with one attached hydrogen (secondary N) is 1. The van der Waals surface area contributed by atoms with E-state index in [-0.39, 0.29) is 11.5 Å². The monoisotopic (exact) mass is 244 g/mol. The zero-order valence-electron chi connectivity index (χ0n) is 9.75. The lowest BCUT2D eigenvalue weighted by molar-refractivity contribution is -0.384. The van der Waals surface area contributed by atoms with Gasteiger partial charge in [-0.3, -0.25) is 10.1 Å². The van der Waals surface area contributed by atoms with Crippen LogP contribution in [-0.2, 0) is 0 Å². The molecular weight excluding hydrogens is 232 g/mol. The molecule has 0 fully saturated rings. The van der Waals surface area contributed by atoms with Crippen molar-refractivity contribution in [3.63, 3.8) is 0 Å². The van der Waals surface area contributed by atoms with Gasteiger partial charge in [0.15, 0.2) is 0 Å². The van der Waals surface area contributed by atoms with E-state index in [0.29, 0.717) is 11.4 Å². The molecule has 0 bridgehead atoms. The Labute approximate surface area is 104 Å². The first kappa shape index (κ1) is 11.8. The van der Waals surface area contributed by atoms with Crippen molar-refractivity contribution < 1.29 is 4.92 Å². The lowest BCUT2D eigenvalue weighted by Gasteiger charge is -2.06. The summed E-state index contributed by atoms with van der Waals surface area (Å²) in [5.74, 6) is 0.218. The molecule has 1 aromatic heterocycles. The molecule has 0 saturated carbocycles. The molecule has 3 N–H and O–H groups in total. The molecule has 0 aliphatic rings.